The summed E-state index contributed by atoms with van der Waals surface area (Å²) in [6, 6.07) is 1.95. The van der Waals surface area contributed by atoms with Gasteiger partial charge in [-0.05, 0) is 31.4 Å². The van der Waals surface area contributed by atoms with Crippen LogP contribution in [0.1, 0.15) is 29.6 Å². The van der Waals surface area contributed by atoms with Gasteiger partial charge < -0.3 is 21.7 Å². The molecule has 1 fully saturated rings. The van der Waals surface area contributed by atoms with Crippen LogP contribution in [-0.2, 0) is 4.79 Å². The molecule has 1 aromatic carbocycles. The van der Waals surface area contributed by atoms with Crippen molar-refractivity contribution in [3.63, 3.8) is 0 Å². The third-order valence-corrected chi connectivity index (χ3v) is 3.75. The first-order chi connectivity index (χ1) is 9.95. The van der Waals surface area contributed by atoms with Gasteiger partial charge in [-0.25, -0.2) is 4.39 Å². The zero-order valence-corrected chi connectivity index (χ0v) is 11.9. The highest BCUT2D eigenvalue weighted by Gasteiger charge is 2.30. The summed E-state index contributed by atoms with van der Waals surface area (Å²) >= 11 is 0. The topological polar surface area (TPSA) is 101 Å². The Bertz CT molecular complexity index is 576. The zero-order chi connectivity index (χ0) is 15.6. The second kappa shape index (κ2) is 5.99. The van der Waals surface area contributed by atoms with E-state index in [0.29, 0.717) is 13.0 Å². The number of likely N-dealkylation sites (N-methyl/N-ethyl adjacent to an activating group) is 1. The van der Waals surface area contributed by atoms with Crippen molar-refractivity contribution in [1.29, 1.82) is 0 Å². The molecule has 2 amide bonds. The van der Waals surface area contributed by atoms with E-state index < -0.39 is 17.8 Å². The Labute approximate surface area is 122 Å². The molecular weight excluding hydrogens is 275 g/mol. The predicted octanol–water partition coefficient (Wildman–Crippen LogP) is 0.612. The second-order valence-electron chi connectivity index (χ2n) is 5.07. The van der Waals surface area contributed by atoms with Crippen molar-refractivity contribution in [3.8, 4) is 0 Å². The van der Waals surface area contributed by atoms with E-state index in [9.17, 15) is 14.0 Å². The molecule has 1 heterocycles. The highest BCUT2D eigenvalue weighted by molar-refractivity contribution is 5.99. The van der Waals surface area contributed by atoms with Crippen molar-refractivity contribution < 1.29 is 14.0 Å². The Morgan fingerprint density at radius 1 is 1.38 bits per heavy atom. The monoisotopic (exact) mass is 294 g/mol. The number of nitrogen functional groups attached to an aromatic ring is 1. The van der Waals surface area contributed by atoms with E-state index in [1.54, 1.807) is 11.9 Å². The predicted molar refractivity (Wildman–Crippen MR) is 78.4 cm³/mol. The van der Waals surface area contributed by atoms with Crippen LogP contribution in [0.5, 0.6) is 0 Å². The first-order valence-corrected chi connectivity index (χ1v) is 6.82. The van der Waals surface area contributed by atoms with Gasteiger partial charge in [-0.1, -0.05) is 0 Å². The zero-order valence-electron chi connectivity index (χ0n) is 11.9. The molecule has 0 radical (unpaired) electrons. The number of amides is 2. The number of anilines is 2. The fraction of sp³-hybridized carbons (Fsp3) is 0.429. The standard InChI is InChI=1S/C14H19FN4O2/c1-18-14(21)11-4-2-3-5-19(11)12-6-8(13(17)20)10(16)7-9(12)15/h6-7,11H,2-5,16H2,1H3,(H2,17,20)(H,18,21). The van der Waals surface area contributed by atoms with Gasteiger partial charge in [-0.2, -0.15) is 0 Å². The number of piperidine rings is 1. The minimum Gasteiger partial charge on any atom is -0.398 e. The molecule has 1 aliphatic rings. The molecule has 0 bridgehead atoms. The van der Waals surface area contributed by atoms with Crippen LogP contribution in [0.15, 0.2) is 12.1 Å². The Morgan fingerprint density at radius 2 is 2.10 bits per heavy atom. The van der Waals surface area contributed by atoms with E-state index >= 15 is 0 Å². The Kier molecular flexibility index (Phi) is 4.30. The number of halogens is 1. The first kappa shape index (κ1) is 15.1. The molecule has 21 heavy (non-hydrogen) atoms. The normalized spacial score (nSPS) is 18.4. The summed E-state index contributed by atoms with van der Waals surface area (Å²) in [5.41, 5.74) is 11.1. The van der Waals surface area contributed by atoms with Gasteiger partial charge in [0.15, 0.2) is 0 Å². The summed E-state index contributed by atoms with van der Waals surface area (Å²) in [6.07, 6.45) is 2.38. The number of hydrogen-bond acceptors (Lipinski definition) is 4. The smallest absolute Gasteiger partial charge is 0.250 e. The minimum absolute atomic E-state index is 0.00254. The van der Waals surface area contributed by atoms with Gasteiger partial charge in [-0.15, -0.1) is 0 Å². The maximum absolute atomic E-state index is 14.2. The van der Waals surface area contributed by atoms with Gasteiger partial charge in [0.1, 0.15) is 11.9 Å². The summed E-state index contributed by atoms with van der Waals surface area (Å²) in [7, 11) is 1.54. The van der Waals surface area contributed by atoms with Gasteiger partial charge in [0.25, 0.3) is 5.91 Å². The SMILES string of the molecule is CNC(=O)C1CCCCN1c1cc(C(N)=O)c(N)cc1F. The number of hydrogen-bond donors (Lipinski definition) is 3. The van der Waals surface area contributed by atoms with E-state index in [1.807, 2.05) is 0 Å². The number of rotatable bonds is 3. The maximum atomic E-state index is 14.2. The quantitative estimate of drug-likeness (QED) is 0.711. The maximum Gasteiger partial charge on any atom is 0.250 e. The van der Waals surface area contributed by atoms with E-state index in [2.05, 4.69) is 5.32 Å². The van der Waals surface area contributed by atoms with Crippen LogP contribution < -0.4 is 21.7 Å². The Morgan fingerprint density at radius 3 is 2.71 bits per heavy atom. The molecule has 1 atom stereocenters. The van der Waals surface area contributed by atoms with Crippen LogP contribution in [0.2, 0.25) is 0 Å². The molecule has 0 spiro atoms. The summed E-state index contributed by atoms with van der Waals surface area (Å²) in [5, 5.41) is 2.58. The van der Waals surface area contributed by atoms with Crippen LogP contribution in [0.4, 0.5) is 15.8 Å². The molecule has 114 valence electrons. The van der Waals surface area contributed by atoms with Crippen molar-refractivity contribution in [2.75, 3.05) is 24.2 Å². The summed E-state index contributed by atoms with van der Waals surface area (Å²) < 4.78 is 14.2. The average Bonchev–Trinajstić information content (AvgIpc) is 2.46. The van der Waals surface area contributed by atoms with Gasteiger partial charge in [-0.3, -0.25) is 9.59 Å². The summed E-state index contributed by atoms with van der Waals surface area (Å²) in [5.74, 6) is -1.46. The highest BCUT2D eigenvalue weighted by Crippen LogP contribution is 2.30. The van der Waals surface area contributed by atoms with E-state index in [-0.39, 0.29) is 22.8 Å². The van der Waals surface area contributed by atoms with E-state index in [4.69, 9.17) is 11.5 Å². The highest BCUT2D eigenvalue weighted by atomic mass is 19.1. The van der Waals surface area contributed by atoms with Crippen LogP contribution in [0, 0.1) is 5.82 Å². The van der Waals surface area contributed by atoms with E-state index in [1.165, 1.54) is 6.07 Å². The Balaban J connectivity index is 2.45. The molecule has 1 aromatic rings. The molecule has 0 aliphatic carbocycles. The van der Waals surface area contributed by atoms with Crippen molar-refractivity contribution >= 4 is 23.2 Å². The molecule has 6 nitrogen and oxygen atoms in total. The Hall–Kier alpha value is -2.31. The molecule has 2 rings (SSSR count). The fourth-order valence-electron chi connectivity index (χ4n) is 2.67. The van der Waals surface area contributed by atoms with Crippen molar-refractivity contribution in [3.05, 3.63) is 23.5 Å². The van der Waals surface area contributed by atoms with Crippen LogP contribution >= 0.6 is 0 Å². The largest absolute Gasteiger partial charge is 0.398 e. The lowest BCUT2D eigenvalue weighted by atomic mass is 9.99. The van der Waals surface area contributed by atoms with Crippen molar-refractivity contribution in [1.82, 2.24) is 5.32 Å². The number of primary amides is 1. The molecule has 1 aliphatic heterocycles. The van der Waals surface area contributed by atoms with Gasteiger partial charge in [0.05, 0.1) is 11.3 Å². The number of benzene rings is 1. The molecular formula is C14H19FN4O2. The van der Waals surface area contributed by atoms with Crippen molar-refractivity contribution in [2.45, 2.75) is 25.3 Å². The van der Waals surface area contributed by atoms with Crippen LogP contribution in [0.3, 0.4) is 0 Å². The number of nitrogens with two attached hydrogens (primary N) is 2. The lowest BCUT2D eigenvalue weighted by Gasteiger charge is -2.36. The number of nitrogens with one attached hydrogen (secondary N) is 1. The molecule has 0 saturated carbocycles. The van der Waals surface area contributed by atoms with Gasteiger partial charge in [0, 0.05) is 19.3 Å². The number of nitrogens with zero attached hydrogens (tertiary/aromatic N) is 1. The third kappa shape index (κ3) is 2.91. The molecule has 0 aromatic heterocycles. The lowest BCUT2D eigenvalue weighted by Crippen LogP contribution is -2.49. The molecule has 1 unspecified atom stereocenters. The summed E-state index contributed by atoms with van der Waals surface area (Å²) in [4.78, 5) is 25.0. The minimum atomic E-state index is -0.720. The van der Waals surface area contributed by atoms with Crippen LogP contribution in [0.25, 0.3) is 0 Å². The molecule has 7 heteroatoms. The lowest BCUT2D eigenvalue weighted by molar-refractivity contribution is -0.122. The second-order valence-corrected chi connectivity index (χ2v) is 5.07. The average molecular weight is 294 g/mol. The summed E-state index contributed by atoms with van der Waals surface area (Å²) in [6.45, 7) is 0.539. The van der Waals surface area contributed by atoms with Crippen molar-refractivity contribution in [2.24, 2.45) is 5.73 Å². The van der Waals surface area contributed by atoms with E-state index in [0.717, 1.165) is 18.9 Å². The molecule has 1 saturated heterocycles. The van der Waals surface area contributed by atoms with Crippen LogP contribution in [-0.4, -0.2) is 31.4 Å². The van der Waals surface area contributed by atoms with Gasteiger partial charge >= 0.3 is 0 Å². The number of carbonyl (C=O) groups excluding carboxylic acids is 2. The third-order valence-electron chi connectivity index (χ3n) is 3.75. The number of carbonyl (C=O) groups is 2. The first-order valence-electron chi connectivity index (χ1n) is 6.82. The molecule has 5 N–H and O–H groups in total. The van der Waals surface area contributed by atoms with Gasteiger partial charge in [0.2, 0.25) is 5.91 Å². The fourth-order valence-corrected chi connectivity index (χ4v) is 2.67.